The first kappa shape index (κ1) is 62.6. The molecule has 0 saturated carbocycles. The maximum absolute atomic E-state index is 13.0. The molecule has 15 nitrogen and oxygen atoms in total. The Labute approximate surface area is 410 Å². The second-order valence-electron chi connectivity index (χ2n) is 19.8. The zero-order valence-corrected chi connectivity index (χ0v) is 42.6. The lowest BCUT2D eigenvalue weighted by atomic mass is 9.98. The van der Waals surface area contributed by atoms with E-state index in [1.165, 1.54) is 154 Å². The van der Waals surface area contributed by atoms with Crippen LogP contribution in [0.25, 0.3) is 0 Å². The van der Waals surface area contributed by atoms with E-state index >= 15 is 0 Å². The van der Waals surface area contributed by atoms with Gasteiger partial charge >= 0.3 is 11.9 Å². The van der Waals surface area contributed by atoms with Crippen LogP contribution in [-0.4, -0.2) is 142 Å². The van der Waals surface area contributed by atoms with Crippen LogP contribution in [0, 0.1) is 0 Å². The molecular weight excluding hydrogens is 877 g/mol. The molecule has 2 heterocycles. The van der Waals surface area contributed by atoms with Crippen LogP contribution >= 0.6 is 0 Å². The molecule has 4 unspecified atom stereocenters. The van der Waals surface area contributed by atoms with E-state index in [9.17, 15) is 45.3 Å². The first-order valence-corrected chi connectivity index (χ1v) is 27.6. The molecule has 2 aliphatic heterocycles. The van der Waals surface area contributed by atoms with Crippen LogP contribution in [0.15, 0.2) is 0 Å². The van der Waals surface area contributed by atoms with Crippen LogP contribution in [0.1, 0.15) is 232 Å². The van der Waals surface area contributed by atoms with Crippen molar-refractivity contribution in [2.45, 2.75) is 300 Å². The summed E-state index contributed by atoms with van der Waals surface area (Å²) in [5.41, 5.74) is 0. The second kappa shape index (κ2) is 41.0. The van der Waals surface area contributed by atoms with Crippen LogP contribution < -0.4 is 0 Å². The highest BCUT2D eigenvalue weighted by atomic mass is 16.7. The molecule has 0 bridgehead atoms. The van der Waals surface area contributed by atoms with Gasteiger partial charge in [0.2, 0.25) is 0 Å². The van der Waals surface area contributed by atoms with Crippen LogP contribution in [0.4, 0.5) is 0 Å². The molecule has 0 radical (unpaired) electrons. The van der Waals surface area contributed by atoms with Gasteiger partial charge in [0.25, 0.3) is 0 Å². The highest BCUT2D eigenvalue weighted by molar-refractivity contribution is 5.70. The van der Waals surface area contributed by atoms with Gasteiger partial charge in [0, 0.05) is 12.8 Å². The lowest BCUT2D eigenvalue weighted by Crippen LogP contribution is -2.61. The molecule has 2 saturated heterocycles. The highest BCUT2D eigenvalue weighted by Gasteiger charge is 2.47. The van der Waals surface area contributed by atoms with Gasteiger partial charge in [-0.3, -0.25) is 9.59 Å². The third kappa shape index (κ3) is 28.5. The summed E-state index contributed by atoms with van der Waals surface area (Å²) in [4.78, 5) is 25.8. The molecule has 2 aliphatic rings. The van der Waals surface area contributed by atoms with E-state index < -0.39 is 92.7 Å². The van der Waals surface area contributed by atoms with Crippen molar-refractivity contribution in [2.75, 3.05) is 26.4 Å². The zero-order chi connectivity index (χ0) is 49.6. The van der Waals surface area contributed by atoms with Crippen LogP contribution in [0.5, 0.6) is 0 Å². The molecule has 0 aromatic heterocycles. The lowest BCUT2D eigenvalue weighted by molar-refractivity contribution is -0.332. The Kier molecular flexibility index (Phi) is 37.8. The molecule has 15 heteroatoms. The predicted molar refractivity (Wildman–Crippen MR) is 262 cm³/mol. The number of carbonyl (C=O) groups excluding carboxylic acids is 2. The van der Waals surface area contributed by atoms with Gasteiger partial charge in [0.1, 0.15) is 55.4 Å². The smallest absolute Gasteiger partial charge is 0.306 e. The van der Waals surface area contributed by atoms with E-state index in [-0.39, 0.29) is 26.1 Å². The summed E-state index contributed by atoms with van der Waals surface area (Å²) in [5.74, 6) is -0.907. The monoisotopic (exact) mass is 977 g/mol. The Morgan fingerprint density at radius 2 is 0.750 bits per heavy atom. The highest BCUT2D eigenvalue weighted by Crippen LogP contribution is 2.27. The SMILES string of the molecule is CCCCCCCCCCCCCCCCCCCCC(=O)OC[C@@H](CO[C@@H]1O[C@H](CO[C@@H]2O[C@H](CO)[C@H](O)C(O)C2O)[C@H](O)C(O)C1O)OC(=O)CCCCCCCCCCCCCCCC. The quantitative estimate of drug-likeness (QED) is 0.0225. The van der Waals surface area contributed by atoms with E-state index in [4.69, 9.17) is 28.4 Å². The molecular formula is C53H100O15. The van der Waals surface area contributed by atoms with Crippen molar-refractivity contribution in [1.82, 2.24) is 0 Å². The summed E-state index contributed by atoms with van der Waals surface area (Å²) in [6, 6.07) is 0. The van der Waals surface area contributed by atoms with Crippen molar-refractivity contribution in [3.05, 3.63) is 0 Å². The Hall–Kier alpha value is -1.50. The normalized spacial score (nSPS) is 25.7. The predicted octanol–water partition coefficient (Wildman–Crippen LogP) is 8.39. The molecule has 2 rings (SSSR count). The van der Waals surface area contributed by atoms with E-state index in [0.29, 0.717) is 12.8 Å². The average molecular weight is 977 g/mol. The summed E-state index contributed by atoms with van der Waals surface area (Å²) in [6.45, 7) is 2.64. The van der Waals surface area contributed by atoms with Gasteiger partial charge in [0.15, 0.2) is 18.7 Å². The number of aliphatic hydroxyl groups excluding tert-OH is 7. The molecule has 2 fully saturated rings. The Balaban J connectivity index is 1.76. The summed E-state index contributed by atoms with van der Waals surface area (Å²) in [7, 11) is 0. The van der Waals surface area contributed by atoms with E-state index in [1.54, 1.807) is 0 Å². The van der Waals surface area contributed by atoms with E-state index in [1.807, 2.05) is 0 Å². The number of ether oxygens (including phenoxy) is 6. The largest absolute Gasteiger partial charge is 0.462 e. The lowest BCUT2D eigenvalue weighted by Gasteiger charge is -2.42. The van der Waals surface area contributed by atoms with Gasteiger partial charge in [-0.05, 0) is 12.8 Å². The fourth-order valence-electron chi connectivity index (χ4n) is 9.04. The summed E-state index contributed by atoms with van der Waals surface area (Å²) >= 11 is 0. The third-order valence-corrected chi connectivity index (χ3v) is 13.6. The zero-order valence-electron chi connectivity index (χ0n) is 42.6. The first-order chi connectivity index (χ1) is 33.0. The van der Waals surface area contributed by atoms with Crippen molar-refractivity contribution < 1.29 is 73.8 Å². The standard InChI is InChI=1S/C53H100O15/c1-3-5-7-9-11-13-15-17-19-20-21-22-24-25-27-29-31-33-35-44(55)63-38-41(66-45(56)36-34-32-30-28-26-23-18-16-14-12-10-8-6-4-2)39-64-52-51(62)49(60)47(58)43(68-52)40-65-53-50(61)48(59)46(57)42(37-54)67-53/h41-43,46-54,57-62H,3-40H2,1-2H3/t41-,42+,43+,46-,47-,48?,49?,50?,51?,52+,53+/m0/s1. The van der Waals surface area contributed by atoms with Crippen molar-refractivity contribution in [1.29, 1.82) is 0 Å². The van der Waals surface area contributed by atoms with Crippen molar-refractivity contribution in [3.8, 4) is 0 Å². The third-order valence-electron chi connectivity index (χ3n) is 13.6. The number of carbonyl (C=O) groups is 2. The number of aliphatic hydroxyl groups is 7. The fraction of sp³-hybridized carbons (Fsp3) is 0.962. The first-order valence-electron chi connectivity index (χ1n) is 27.6. The molecule has 11 atom stereocenters. The molecule has 68 heavy (non-hydrogen) atoms. The number of hydrogen-bond acceptors (Lipinski definition) is 15. The van der Waals surface area contributed by atoms with Crippen molar-refractivity contribution >= 4 is 11.9 Å². The van der Waals surface area contributed by atoms with Crippen molar-refractivity contribution in [2.24, 2.45) is 0 Å². The molecule has 0 amide bonds. The number of hydrogen-bond donors (Lipinski definition) is 7. The topological polar surface area (TPSA) is 231 Å². The minimum atomic E-state index is -1.76. The maximum Gasteiger partial charge on any atom is 0.306 e. The molecule has 7 N–H and O–H groups in total. The molecule has 0 aromatic rings. The van der Waals surface area contributed by atoms with E-state index in [2.05, 4.69) is 13.8 Å². The van der Waals surface area contributed by atoms with Crippen molar-refractivity contribution in [3.63, 3.8) is 0 Å². The summed E-state index contributed by atoms with van der Waals surface area (Å²) < 4.78 is 33.6. The second-order valence-corrected chi connectivity index (χ2v) is 19.8. The van der Waals surface area contributed by atoms with Gasteiger partial charge in [-0.1, -0.05) is 206 Å². The van der Waals surface area contributed by atoms with Gasteiger partial charge in [-0.2, -0.15) is 0 Å². The average Bonchev–Trinajstić information content (AvgIpc) is 3.33. The van der Waals surface area contributed by atoms with Crippen LogP contribution in [0.3, 0.4) is 0 Å². The summed E-state index contributed by atoms with van der Waals surface area (Å²) in [5, 5.41) is 72.1. The van der Waals surface area contributed by atoms with Crippen LogP contribution in [-0.2, 0) is 38.0 Å². The van der Waals surface area contributed by atoms with Gasteiger partial charge < -0.3 is 64.2 Å². The fourth-order valence-corrected chi connectivity index (χ4v) is 9.04. The summed E-state index contributed by atoms with van der Waals surface area (Å²) in [6.07, 6.45) is 22.7. The van der Waals surface area contributed by atoms with Gasteiger partial charge in [0.05, 0.1) is 19.8 Å². The Morgan fingerprint density at radius 3 is 1.15 bits per heavy atom. The van der Waals surface area contributed by atoms with Gasteiger partial charge in [-0.25, -0.2) is 0 Å². The minimum absolute atomic E-state index is 0.173. The van der Waals surface area contributed by atoms with Crippen LogP contribution in [0.2, 0.25) is 0 Å². The Bertz CT molecular complexity index is 1190. The van der Waals surface area contributed by atoms with Gasteiger partial charge in [-0.15, -0.1) is 0 Å². The Morgan fingerprint density at radius 1 is 0.412 bits per heavy atom. The number of rotatable bonds is 44. The number of unbranched alkanes of at least 4 members (excludes halogenated alkanes) is 30. The molecule has 402 valence electrons. The number of esters is 2. The maximum atomic E-state index is 13.0. The molecule has 0 spiro atoms. The van der Waals surface area contributed by atoms with E-state index in [0.717, 1.165) is 38.5 Å². The molecule has 0 aromatic carbocycles. The molecule has 0 aliphatic carbocycles. The minimum Gasteiger partial charge on any atom is -0.462 e.